The third-order valence-corrected chi connectivity index (χ3v) is 3.75. The van der Waals surface area contributed by atoms with Gasteiger partial charge in [0.25, 0.3) is 0 Å². The van der Waals surface area contributed by atoms with Crippen LogP contribution >= 0.6 is 11.8 Å². The van der Waals surface area contributed by atoms with Crippen LogP contribution in [0.15, 0.2) is 27.6 Å². The molecule has 0 saturated carbocycles. The van der Waals surface area contributed by atoms with Crippen LogP contribution < -0.4 is 0 Å². The van der Waals surface area contributed by atoms with Crippen LogP contribution in [0.1, 0.15) is 44.7 Å². The summed E-state index contributed by atoms with van der Waals surface area (Å²) in [6.45, 7) is 7.87. The van der Waals surface area contributed by atoms with Crippen molar-refractivity contribution in [2.45, 2.75) is 43.3 Å². The van der Waals surface area contributed by atoms with E-state index >= 15 is 0 Å². The Balaban J connectivity index is 2.13. The lowest BCUT2D eigenvalue weighted by molar-refractivity contribution is 0.364. The van der Waals surface area contributed by atoms with E-state index in [-0.39, 0.29) is 10.7 Å². The van der Waals surface area contributed by atoms with E-state index in [2.05, 4.69) is 10.1 Å². The fraction of sp³-hybridized carbons (Fsp3) is 0.429. The van der Waals surface area contributed by atoms with Crippen molar-refractivity contribution in [1.29, 1.82) is 0 Å². The van der Waals surface area contributed by atoms with E-state index in [4.69, 9.17) is 4.52 Å². The minimum Gasteiger partial charge on any atom is -0.338 e. The topological polar surface area (TPSA) is 38.9 Å². The molecule has 0 aliphatic rings. The monoisotopic (exact) mass is 298 g/mol. The molecule has 0 fully saturated rings. The minimum atomic E-state index is -0.858. The highest BCUT2D eigenvalue weighted by molar-refractivity contribution is 7.99. The third kappa shape index (κ3) is 3.36. The maximum Gasteiger partial charge on any atom is 0.239 e. The summed E-state index contributed by atoms with van der Waals surface area (Å²) in [7, 11) is 0. The van der Waals surface area contributed by atoms with Crippen molar-refractivity contribution in [3.05, 3.63) is 41.5 Å². The number of nitrogens with zero attached hydrogens (tertiary/aromatic N) is 2. The molecule has 6 heteroatoms. The second-order valence-corrected chi connectivity index (χ2v) is 6.96. The van der Waals surface area contributed by atoms with Gasteiger partial charge in [-0.15, -0.1) is 11.8 Å². The molecular weight excluding hydrogens is 282 g/mol. The molecule has 1 atom stereocenters. The molecule has 1 heterocycles. The van der Waals surface area contributed by atoms with E-state index in [0.717, 1.165) is 12.1 Å². The molecule has 20 heavy (non-hydrogen) atoms. The standard InChI is InChI=1S/C14H16F2N2OS/c1-8(12-17-13(18-19-12)14(2,3)4)20-9-5-6-10(15)11(16)7-9/h5-8H,1-4H3. The summed E-state index contributed by atoms with van der Waals surface area (Å²) in [5, 5.41) is 3.81. The fourth-order valence-electron chi connectivity index (χ4n) is 1.51. The lowest BCUT2D eigenvalue weighted by Crippen LogP contribution is -2.13. The molecule has 0 radical (unpaired) electrons. The molecule has 1 aromatic heterocycles. The first-order chi connectivity index (χ1) is 9.27. The number of thioether (sulfide) groups is 1. The first-order valence-corrected chi connectivity index (χ1v) is 7.11. The van der Waals surface area contributed by atoms with Crippen LogP contribution in [0.2, 0.25) is 0 Å². The first kappa shape index (κ1) is 15.0. The Kier molecular flexibility index (Phi) is 4.13. The van der Waals surface area contributed by atoms with Gasteiger partial charge in [-0.1, -0.05) is 25.9 Å². The van der Waals surface area contributed by atoms with Crippen molar-refractivity contribution in [2.24, 2.45) is 0 Å². The highest BCUT2D eigenvalue weighted by Gasteiger charge is 2.23. The number of hydrogen-bond acceptors (Lipinski definition) is 4. The molecule has 0 amide bonds. The zero-order valence-corrected chi connectivity index (χ0v) is 12.6. The largest absolute Gasteiger partial charge is 0.338 e. The highest BCUT2D eigenvalue weighted by atomic mass is 32.2. The Hall–Kier alpha value is -1.43. The van der Waals surface area contributed by atoms with Crippen molar-refractivity contribution in [3.8, 4) is 0 Å². The van der Waals surface area contributed by atoms with Crippen LogP contribution in [0.5, 0.6) is 0 Å². The van der Waals surface area contributed by atoms with Crippen LogP contribution in [-0.4, -0.2) is 10.1 Å². The van der Waals surface area contributed by atoms with Gasteiger partial charge in [-0.05, 0) is 25.1 Å². The lowest BCUT2D eigenvalue weighted by atomic mass is 9.96. The Morgan fingerprint density at radius 3 is 2.45 bits per heavy atom. The van der Waals surface area contributed by atoms with Crippen molar-refractivity contribution < 1.29 is 13.3 Å². The van der Waals surface area contributed by atoms with Crippen LogP contribution in [0.4, 0.5) is 8.78 Å². The summed E-state index contributed by atoms with van der Waals surface area (Å²) >= 11 is 1.34. The summed E-state index contributed by atoms with van der Waals surface area (Å²) in [5.41, 5.74) is -0.186. The average Bonchev–Trinajstić information content (AvgIpc) is 2.83. The fourth-order valence-corrected chi connectivity index (χ4v) is 2.43. The Morgan fingerprint density at radius 2 is 1.90 bits per heavy atom. The van der Waals surface area contributed by atoms with E-state index in [9.17, 15) is 8.78 Å². The van der Waals surface area contributed by atoms with Gasteiger partial charge < -0.3 is 4.52 Å². The molecule has 0 N–H and O–H groups in total. The van der Waals surface area contributed by atoms with Gasteiger partial charge in [0, 0.05) is 10.3 Å². The number of rotatable bonds is 3. The number of halogens is 2. The molecule has 0 saturated heterocycles. The van der Waals surface area contributed by atoms with E-state index in [0.29, 0.717) is 16.6 Å². The van der Waals surface area contributed by atoms with Crippen LogP contribution in [-0.2, 0) is 5.41 Å². The summed E-state index contributed by atoms with van der Waals surface area (Å²) in [6.07, 6.45) is 0. The molecule has 108 valence electrons. The predicted octanol–water partition coefficient (Wildman–Crippen LogP) is 4.50. The van der Waals surface area contributed by atoms with Gasteiger partial charge >= 0.3 is 0 Å². The van der Waals surface area contributed by atoms with Gasteiger partial charge in [-0.3, -0.25) is 0 Å². The SMILES string of the molecule is CC(Sc1ccc(F)c(F)c1)c1nc(C(C)(C)C)no1. The van der Waals surface area contributed by atoms with Gasteiger partial charge in [-0.25, -0.2) is 8.78 Å². The van der Waals surface area contributed by atoms with Crippen LogP contribution in [0, 0.1) is 11.6 Å². The molecular formula is C14H16F2N2OS. The van der Waals surface area contributed by atoms with Crippen LogP contribution in [0.25, 0.3) is 0 Å². The molecule has 0 spiro atoms. The minimum absolute atomic E-state index is 0.136. The van der Waals surface area contributed by atoms with Crippen molar-refractivity contribution >= 4 is 11.8 Å². The molecule has 1 aromatic carbocycles. The summed E-state index contributed by atoms with van der Waals surface area (Å²) in [5.74, 6) is -0.604. The smallest absolute Gasteiger partial charge is 0.239 e. The summed E-state index contributed by atoms with van der Waals surface area (Å²) in [4.78, 5) is 4.97. The lowest BCUT2D eigenvalue weighted by Gasteiger charge is -2.11. The maximum atomic E-state index is 13.2. The van der Waals surface area contributed by atoms with E-state index < -0.39 is 11.6 Å². The molecule has 0 aliphatic heterocycles. The zero-order valence-electron chi connectivity index (χ0n) is 11.8. The highest BCUT2D eigenvalue weighted by Crippen LogP contribution is 2.35. The van der Waals surface area contributed by atoms with Gasteiger partial charge in [0.05, 0.1) is 5.25 Å². The molecule has 2 aromatic rings. The Labute approximate surface area is 120 Å². The van der Waals surface area contributed by atoms with E-state index in [1.807, 2.05) is 27.7 Å². The average molecular weight is 298 g/mol. The van der Waals surface area contributed by atoms with Crippen molar-refractivity contribution in [1.82, 2.24) is 10.1 Å². The molecule has 2 rings (SSSR count). The summed E-state index contributed by atoms with van der Waals surface area (Å²) < 4.78 is 31.3. The Morgan fingerprint density at radius 1 is 1.20 bits per heavy atom. The molecule has 3 nitrogen and oxygen atoms in total. The first-order valence-electron chi connectivity index (χ1n) is 6.23. The predicted molar refractivity (Wildman–Crippen MR) is 73.6 cm³/mol. The number of benzene rings is 1. The Bertz CT molecular complexity index is 607. The van der Waals surface area contributed by atoms with Crippen molar-refractivity contribution in [2.75, 3.05) is 0 Å². The van der Waals surface area contributed by atoms with E-state index in [1.165, 1.54) is 17.8 Å². The molecule has 1 unspecified atom stereocenters. The number of hydrogen-bond donors (Lipinski definition) is 0. The summed E-state index contributed by atoms with van der Waals surface area (Å²) in [6, 6.07) is 3.80. The number of aromatic nitrogens is 2. The third-order valence-electron chi connectivity index (χ3n) is 2.66. The zero-order chi connectivity index (χ0) is 14.9. The van der Waals surface area contributed by atoms with E-state index in [1.54, 1.807) is 0 Å². The normalized spacial score (nSPS) is 13.5. The van der Waals surface area contributed by atoms with Gasteiger partial charge in [0.2, 0.25) is 5.89 Å². The van der Waals surface area contributed by atoms with Crippen LogP contribution in [0.3, 0.4) is 0 Å². The second kappa shape index (κ2) is 5.52. The van der Waals surface area contributed by atoms with Gasteiger partial charge in [0.1, 0.15) is 0 Å². The quantitative estimate of drug-likeness (QED) is 0.782. The maximum absolute atomic E-state index is 13.2. The molecule has 0 aliphatic carbocycles. The molecule has 0 bridgehead atoms. The van der Waals surface area contributed by atoms with Gasteiger partial charge in [-0.2, -0.15) is 4.98 Å². The van der Waals surface area contributed by atoms with Crippen molar-refractivity contribution in [3.63, 3.8) is 0 Å². The second-order valence-electron chi connectivity index (χ2n) is 5.54. The van der Waals surface area contributed by atoms with Gasteiger partial charge in [0.15, 0.2) is 17.5 Å².